The Bertz CT molecular complexity index is 511. The van der Waals surface area contributed by atoms with Crippen LogP contribution in [-0.4, -0.2) is 15.0 Å². The predicted molar refractivity (Wildman–Crippen MR) is 70.0 cm³/mol. The second kappa shape index (κ2) is 5.16. The highest BCUT2D eigenvalue weighted by molar-refractivity contribution is 9.10. The SMILES string of the molecule is O=S(=O)(Cl)c1ccc(OCC2CCC2)c(Br)c1. The molecule has 0 spiro atoms. The summed E-state index contributed by atoms with van der Waals surface area (Å²) >= 11 is 3.28. The van der Waals surface area contributed by atoms with Crippen molar-refractivity contribution in [2.24, 2.45) is 5.92 Å². The lowest BCUT2D eigenvalue weighted by Gasteiger charge is -2.25. The summed E-state index contributed by atoms with van der Waals surface area (Å²) in [7, 11) is 1.57. The van der Waals surface area contributed by atoms with Crippen molar-refractivity contribution in [3.05, 3.63) is 22.7 Å². The third-order valence-electron chi connectivity index (χ3n) is 2.88. The fourth-order valence-corrected chi connectivity index (χ4v) is 3.04. The van der Waals surface area contributed by atoms with Gasteiger partial charge in [0.25, 0.3) is 9.05 Å². The number of rotatable bonds is 4. The molecule has 0 aliphatic heterocycles. The maximum Gasteiger partial charge on any atom is 0.261 e. The molecule has 0 saturated heterocycles. The molecular weight excluding hydrogens is 328 g/mol. The highest BCUT2D eigenvalue weighted by Crippen LogP contribution is 2.32. The lowest BCUT2D eigenvalue weighted by Crippen LogP contribution is -2.19. The minimum atomic E-state index is -3.68. The van der Waals surface area contributed by atoms with Gasteiger partial charge in [-0.05, 0) is 52.9 Å². The van der Waals surface area contributed by atoms with Gasteiger partial charge in [0.1, 0.15) is 5.75 Å². The van der Waals surface area contributed by atoms with Crippen molar-refractivity contribution in [3.8, 4) is 5.75 Å². The topological polar surface area (TPSA) is 43.4 Å². The molecule has 1 aliphatic rings. The van der Waals surface area contributed by atoms with Crippen LogP contribution in [0.4, 0.5) is 0 Å². The Labute approximate surface area is 114 Å². The maximum absolute atomic E-state index is 11.1. The van der Waals surface area contributed by atoms with Crippen molar-refractivity contribution in [3.63, 3.8) is 0 Å². The zero-order valence-corrected chi connectivity index (χ0v) is 12.2. The molecule has 3 nitrogen and oxygen atoms in total. The number of hydrogen-bond donors (Lipinski definition) is 0. The minimum absolute atomic E-state index is 0.0713. The van der Waals surface area contributed by atoms with Crippen molar-refractivity contribution in [1.29, 1.82) is 0 Å². The molecule has 0 radical (unpaired) electrons. The van der Waals surface area contributed by atoms with Gasteiger partial charge in [0.05, 0.1) is 16.0 Å². The van der Waals surface area contributed by atoms with E-state index in [9.17, 15) is 8.42 Å². The minimum Gasteiger partial charge on any atom is -0.492 e. The molecule has 0 atom stereocenters. The van der Waals surface area contributed by atoms with Crippen LogP contribution in [0.3, 0.4) is 0 Å². The maximum atomic E-state index is 11.1. The molecule has 2 rings (SSSR count). The summed E-state index contributed by atoms with van der Waals surface area (Å²) in [6.45, 7) is 0.686. The highest BCUT2D eigenvalue weighted by atomic mass is 79.9. The number of halogens is 2. The lowest BCUT2D eigenvalue weighted by molar-refractivity contribution is 0.180. The van der Waals surface area contributed by atoms with E-state index in [4.69, 9.17) is 15.4 Å². The van der Waals surface area contributed by atoms with Gasteiger partial charge in [-0.1, -0.05) is 6.42 Å². The van der Waals surface area contributed by atoms with E-state index in [-0.39, 0.29) is 4.90 Å². The van der Waals surface area contributed by atoms with Crippen LogP contribution < -0.4 is 4.74 Å². The van der Waals surface area contributed by atoms with Crippen LogP contribution in [0.15, 0.2) is 27.6 Å². The summed E-state index contributed by atoms with van der Waals surface area (Å²) in [5.41, 5.74) is 0. The zero-order chi connectivity index (χ0) is 12.5. The molecule has 17 heavy (non-hydrogen) atoms. The predicted octanol–water partition coefficient (Wildman–Crippen LogP) is 3.56. The van der Waals surface area contributed by atoms with Gasteiger partial charge in [-0.2, -0.15) is 0 Å². The van der Waals surface area contributed by atoms with Crippen LogP contribution in [0.2, 0.25) is 0 Å². The van der Waals surface area contributed by atoms with Gasteiger partial charge in [0, 0.05) is 10.7 Å². The standard InChI is InChI=1S/C11H12BrClO3S/c12-10-6-9(17(13,14)15)4-5-11(10)16-7-8-2-1-3-8/h4-6,8H,1-3,7H2. The smallest absolute Gasteiger partial charge is 0.261 e. The first-order valence-electron chi connectivity index (χ1n) is 5.34. The summed E-state index contributed by atoms with van der Waals surface area (Å²) in [6.07, 6.45) is 3.70. The van der Waals surface area contributed by atoms with E-state index in [0.717, 1.165) is 0 Å². The molecule has 1 aromatic rings. The van der Waals surface area contributed by atoms with Crippen LogP contribution in [-0.2, 0) is 9.05 Å². The number of hydrogen-bond acceptors (Lipinski definition) is 3. The third kappa shape index (κ3) is 3.36. The molecule has 0 N–H and O–H groups in total. The summed E-state index contributed by atoms with van der Waals surface area (Å²) in [6, 6.07) is 4.53. The molecule has 6 heteroatoms. The second-order valence-electron chi connectivity index (χ2n) is 4.14. The monoisotopic (exact) mass is 338 g/mol. The summed E-state index contributed by atoms with van der Waals surface area (Å²) in [4.78, 5) is 0.0713. The van der Waals surface area contributed by atoms with Crippen molar-refractivity contribution >= 4 is 35.7 Å². The van der Waals surface area contributed by atoms with Crippen LogP contribution >= 0.6 is 26.6 Å². The number of ether oxygens (including phenoxy) is 1. The van der Waals surface area contributed by atoms with Gasteiger partial charge in [-0.3, -0.25) is 0 Å². The molecule has 0 aromatic heterocycles. The van der Waals surface area contributed by atoms with Crippen molar-refractivity contribution in [2.45, 2.75) is 24.2 Å². The van der Waals surface area contributed by atoms with E-state index in [1.807, 2.05) is 0 Å². The van der Waals surface area contributed by atoms with Gasteiger partial charge >= 0.3 is 0 Å². The Morgan fingerprint density at radius 2 is 2.12 bits per heavy atom. The van der Waals surface area contributed by atoms with E-state index < -0.39 is 9.05 Å². The Morgan fingerprint density at radius 3 is 2.59 bits per heavy atom. The van der Waals surface area contributed by atoms with Crippen LogP contribution in [0.25, 0.3) is 0 Å². The Kier molecular flexibility index (Phi) is 4.00. The van der Waals surface area contributed by atoms with Gasteiger partial charge < -0.3 is 4.74 Å². The van der Waals surface area contributed by atoms with Crippen molar-refractivity contribution in [1.82, 2.24) is 0 Å². The Hall–Kier alpha value is -0.260. The molecule has 0 unspecified atom stereocenters. The Morgan fingerprint density at radius 1 is 1.41 bits per heavy atom. The fourth-order valence-electron chi connectivity index (χ4n) is 1.62. The van der Waals surface area contributed by atoms with Gasteiger partial charge in [-0.25, -0.2) is 8.42 Å². The molecule has 0 heterocycles. The van der Waals surface area contributed by atoms with E-state index in [0.29, 0.717) is 22.7 Å². The molecule has 1 aromatic carbocycles. The summed E-state index contributed by atoms with van der Waals surface area (Å²) in [5.74, 6) is 1.29. The first kappa shape index (κ1) is 13.2. The second-order valence-corrected chi connectivity index (χ2v) is 7.56. The molecule has 0 amide bonds. The van der Waals surface area contributed by atoms with Crippen LogP contribution in [0.5, 0.6) is 5.75 Å². The van der Waals surface area contributed by atoms with E-state index >= 15 is 0 Å². The molecule has 0 bridgehead atoms. The average molecular weight is 340 g/mol. The molecule has 1 fully saturated rings. The zero-order valence-electron chi connectivity index (χ0n) is 9.03. The number of benzene rings is 1. The van der Waals surface area contributed by atoms with Crippen LogP contribution in [0, 0.1) is 5.92 Å². The lowest BCUT2D eigenvalue weighted by atomic mass is 9.86. The molecule has 1 aliphatic carbocycles. The quantitative estimate of drug-likeness (QED) is 0.788. The molecule has 1 saturated carbocycles. The van der Waals surface area contributed by atoms with E-state index in [1.54, 1.807) is 6.07 Å². The normalized spacial score (nSPS) is 16.6. The van der Waals surface area contributed by atoms with Crippen molar-refractivity contribution in [2.75, 3.05) is 6.61 Å². The average Bonchev–Trinajstić information content (AvgIpc) is 2.16. The largest absolute Gasteiger partial charge is 0.492 e. The molecular formula is C11H12BrClO3S. The van der Waals surface area contributed by atoms with Gasteiger partial charge in [-0.15, -0.1) is 0 Å². The first-order valence-corrected chi connectivity index (χ1v) is 8.44. The Balaban J connectivity index is 2.08. The van der Waals surface area contributed by atoms with Gasteiger partial charge in [0.2, 0.25) is 0 Å². The third-order valence-corrected chi connectivity index (χ3v) is 4.86. The van der Waals surface area contributed by atoms with Crippen molar-refractivity contribution < 1.29 is 13.2 Å². The first-order chi connectivity index (χ1) is 7.97. The van der Waals surface area contributed by atoms with Gasteiger partial charge in [0.15, 0.2) is 0 Å². The van der Waals surface area contributed by atoms with Crippen LogP contribution in [0.1, 0.15) is 19.3 Å². The summed E-state index contributed by atoms with van der Waals surface area (Å²) < 4.78 is 28.5. The fraction of sp³-hybridized carbons (Fsp3) is 0.455. The van der Waals surface area contributed by atoms with E-state index in [1.165, 1.54) is 31.4 Å². The highest BCUT2D eigenvalue weighted by Gasteiger charge is 2.19. The molecule has 94 valence electrons. The van der Waals surface area contributed by atoms with E-state index in [2.05, 4.69) is 15.9 Å². The summed E-state index contributed by atoms with van der Waals surface area (Å²) in [5, 5.41) is 0.